The number of hydrogen-bond acceptors (Lipinski definition) is 5. The number of hydrogen-bond donors (Lipinski definition) is 0. The fraction of sp³-hybridized carbons (Fsp3) is 0.176. The third-order valence-electron chi connectivity index (χ3n) is 3.38. The lowest BCUT2D eigenvalue weighted by Gasteiger charge is -2.08. The monoisotopic (exact) mass is 374 g/mol. The maximum atomic E-state index is 5.36. The predicted octanol–water partition coefficient (Wildman–Crippen LogP) is 4.11. The lowest BCUT2D eigenvalue weighted by molar-refractivity contribution is 0.354. The molecule has 0 N–H and O–H groups in total. The second-order valence-electron chi connectivity index (χ2n) is 4.86. The molecule has 0 saturated carbocycles. The summed E-state index contributed by atoms with van der Waals surface area (Å²) >= 11 is 3.49. The average Bonchev–Trinajstić information content (AvgIpc) is 3.03. The Hall–Kier alpha value is -2.34. The van der Waals surface area contributed by atoms with Crippen molar-refractivity contribution in [2.45, 2.75) is 6.42 Å². The Morgan fingerprint density at radius 1 is 1.04 bits per heavy atom. The van der Waals surface area contributed by atoms with Gasteiger partial charge in [-0.3, -0.25) is 0 Å². The van der Waals surface area contributed by atoms with Gasteiger partial charge in [-0.2, -0.15) is 4.98 Å². The number of benzene rings is 2. The number of aromatic nitrogens is 2. The van der Waals surface area contributed by atoms with Crippen molar-refractivity contribution in [1.29, 1.82) is 0 Å². The van der Waals surface area contributed by atoms with Gasteiger partial charge in [0.15, 0.2) is 17.3 Å². The van der Waals surface area contributed by atoms with E-state index in [0.29, 0.717) is 29.6 Å². The first-order chi connectivity index (χ1) is 11.2. The van der Waals surface area contributed by atoms with Gasteiger partial charge in [0.2, 0.25) is 0 Å². The van der Waals surface area contributed by atoms with Gasteiger partial charge in [-0.05, 0) is 45.8 Å². The number of ether oxygens (including phenoxy) is 2. The molecule has 23 heavy (non-hydrogen) atoms. The van der Waals surface area contributed by atoms with Crippen LogP contribution in [0.5, 0.6) is 11.5 Å². The van der Waals surface area contributed by atoms with Gasteiger partial charge in [-0.25, -0.2) is 0 Å². The molecule has 1 aromatic heterocycles. The van der Waals surface area contributed by atoms with E-state index in [4.69, 9.17) is 14.0 Å². The summed E-state index contributed by atoms with van der Waals surface area (Å²) in [4.78, 5) is 4.45. The van der Waals surface area contributed by atoms with E-state index in [-0.39, 0.29) is 0 Å². The van der Waals surface area contributed by atoms with Crippen LogP contribution in [0, 0.1) is 0 Å². The Bertz CT molecular complexity index is 817. The first-order valence-corrected chi connectivity index (χ1v) is 7.79. The van der Waals surface area contributed by atoms with Crippen LogP contribution in [0.3, 0.4) is 0 Å². The van der Waals surface area contributed by atoms with E-state index >= 15 is 0 Å². The number of nitrogens with zero attached hydrogens (tertiary/aromatic N) is 2. The van der Waals surface area contributed by atoms with Gasteiger partial charge in [-0.1, -0.05) is 23.4 Å². The highest BCUT2D eigenvalue weighted by Gasteiger charge is 2.13. The normalized spacial score (nSPS) is 10.6. The fourth-order valence-corrected chi connectivity index (χ4v) is 2.70. The van der Waals surface area contributed by atoms with Gasteiger partial charge < -0.3 is 14.0 Å². The molecule has 2 aromatic carbocycles. The molecule has 0 radical (unpaired) electrons. The van der Waals surface area contributed by atoms with Gasteiger partial charge in [0.1, 0.15) is 0 Å². The molecule has 5 nitrogen and oxygen atoms in total. The molecule has 0 unspecified atom stereocenters. The van der Waals surface area contributed by atoms with Crippen molar-refractivity contribution in [3.63, 3.8) is 0 Å². The Morgan fingerprint density at radius 2 is 1.83 bits per heavy atom. The summed E-state index contributed by atoms with van der Waals surface area (Å²) in [5.74, 6) is 2.48. The number of rotatable bonds is 5. The van der Waals surface area contributed by atoms with Gasteiger partial charge >= 0.3 is 0 Å². The Balaban J connectivity index is 1.83. The van der Waals surface area contributed by atoms with Gasteiger partial charge in [0.05, 0.1) is 19.8 Å². The molecule has 0 spiro atoms. The topological polar surface area (TPSA) is 57.4 Å². The van der Waals surface area contributed by atoms with Gasteiger partial charge in [-0.15, -0.1) is 0 Å². The summed E-state index contributed by atoms with van der Waals surface area (Å²) in [6.07, 6.45) is 0.550. The first kappa shape index (κ1) is 15.6. The number of halogens is 1. The van der Waals surface area contributed by atoms with Crippen LogP contribution >= 0.6 is 15.9 Å². The van der Waals surface area contributed by atoms with E-state index < -0.39 is 0 Å². The zero-order valence-corrected chi connectivity index (χ0v) is 14.3. The predicted molar refractivity (Wildman–Crippen MR) is 89.8 cm³/mol. The maximum Gasteiger partial charge on any atom is 0.259 e. The van der Waals surface area contributed by atoms with Crippen molar-refractivity contribution in [3.05, 3.63) is 58.3 Å². The summed E-state index contributed by atoms with van der Waals surface area (Å²) in [6.45, 7) is 0. The third-order valence-corrected chi connectivity index (χ3v) is 4.07. The third kappa shape index (κ3) is 3.37. The van der Waals surface area contributed by atoms with Crippen molar-refractivity contribution < 1.29 is 14.0 Å². The fourth-order valence-electron chi connectivity index (χ4n) is 2.24. The lowest BCUT2D eigenvalue weighted by Crippen LogP contribution is -1.95. The second kappa shape index (κ2) is 6.83. The van der Waals surface area contributed by atoms with E-state index in [1.54, 1.807) is 14.2 Å². The summed E-state index contributed by atoms with van der Waals surface area (Å²) in [7, 11) is 3.22. The van der Waals surface area contributed by atoms with Crippen molar-refractivity contribution in [2.75, 3.05) is 14.2 Å². The molecule has 0 aliphatic heterocycles. The van der Waals surface area contributed by atoms with Crippen LogP contribution in [0.4, 0.5) is 0 Å². The molecule has 0 amide bonds. The van der Waals surface area contributed by atoms with Crippen LogP contribution in [0.25, 0.3) is 11.5 Å². The molecular formula is C17H15BrN2O3. The van der Waals surface area contributed by atoms with Crippen LogP contribution in [0.2, 0.25) is 0 Å². The minimum absolute atomic E-state index is 0.493. The minimum atomic E-state index is 0.493. The summed E-state index contributed by atoms with van der Waals surface area (Å²) in [5.41, 5.74) is 1.89. The van der Waals surface area contributed by atoms with E-state index in [9.17, 15) is 0 Å². The zero-order chi connectivity index (χ0) is 16.2. The molecular weight excluding hydrogens is 360 g/mol. The molecule has 118 valence electrons. The van der Waals surface area contributed by atoms with Crippen molar-refractivity contribution in [2.24, 2.45) is 0 Å². The summed E-state index contributed by atoms with van der Waals surface area (Å²) in [6, 6.07) is 13.5. The molecule has 6 heteroatoms. The highest BCUT2D eigenvalue weighted by molar-refractivity contribution is 9.10. The maximum absolute atomic E-state index is 5.36. The molecule has 0 fully saturated rings. The van der Waals surface area contributed by atoms with E-state index in [2.05, 4.69) is 26.1 Å². The smallest absolute Gasteiger partial charge is 0.259 e. The molecule has 3 rings (SSSR count). The highest BCUT2D eigenvalue weighted by atomic mass is 79.9. The second-order valence-corrected chi connectivity index (χ2v) is 5.72. The SMILES string of the molecule is COc1ccc(Cc2noc(-c3ccccc3Br)n2)cc1OC. The van der Waals surface area contributed by atoms with Crippen molar-refractivity contribution in [1.82, 2.24) is 10.1 Å². The highest BCUT2D eigenvalue weighted by Crippen LogP contribution is 2.29. The van der Waals surface area contributed by atoms with Crippen LogP contribution in [0.1, 0.15) is 11.4 Å². The Morgan fingerprint density at radius 3 is 2.57 bits per heavy atom. The van der Waals surface area contributed by atoms with Crippen molar-refractivity contribution >= 4 is 15.9 Å². The molecule has 0 bridgehead atoms. The number of methoxy groups -OCH3 is 2. The quantitative estimate of drug-likeness (QED) is 0.672. The summed E-state index contributed by atoms with van der Waals surface area (Å²) in [5, 5.41) is 4.05. The van der Waals surface area contributed by atoms with Crippen molar-refractivity contribution in [3.8, 4) is 23.0 Å². The molecule has 0 aliphatic carbocycles. The van der Waals surface area contributed by atoms with Gasteiger partial charge in [0, 0.05) is 10.9 Å². The lowest BCUT2D eigenvalue weighted by atomic mass is 10.1. The van der Waals surface area contributed by atoms with E-state index in [0.717, 1.165) is 15.6 Å². The van der Waals surface area contributed by atoms with Crippen LogP contribution < -0.4 is 9.47 Å². The minimum Gasteiger partial charge on any atom is -0.493 e. The Kier molecular flexibility index (Phi) is 4.62. The largest absolute Gasteiger partial charge is 0.493 e. The standard InChI is InChI=1S/C17H15BrN2O3/c1-21-14-8-7-11(9-15(14)22-2)10-16-19-17(23-20-16)12-5-3-4-6-13(12)18/h3-9H,10H2,1-2H3. The molecule has 1 heterocycles. The van der Waals surface area contributed by atoms with E-state index in [1.807, 2.05) is 42.5 Å². The molecule has 0 saturated heterocycles. The average molecular weight is 375 g/mol. The first-order valence-electron chi connectivity index (χ1n) is 6.99. The van der Waals surface area contributed by atoms with Gasteiger partial charge in [0.25, 0.3) is 5.89 Å². The zero-order valence-electron chi connectivity index (χ0n) is 12.7. The molecule has 3 aromatic rings. The van der Waals surface area contributed by atoms with Crippen LogP contribution in [0.15, 0.2) is 51.5 Å². The molecule has 0 atom stereocenters. The summed E-state index contributed by atoms with van der Waals surface area (Å²) < 4.78 is 16.8. The van der Waals surface area contributed by atoms with Crippen LogP contribution in [-0.2, 0) is 6.42 Å². The van der Waals surface area contributed by atoms with Crippen LogP contribution in [-0.4, -0.2) is 24.4 Å². The molecule has 0 aliphatic rings. The Labute approximate surface area is 142 Å². The van der Waals surface area contributed by atoms with E-state index in [1.165, 1.54) is 0 Å².